The molecule has 0 aromatic heterocycles. The predicted octanol–water partition coefficient (Wildman–Crippen LogP) is 2.36. The van der Waals surface area contributed by atoms with Crippen molar-refractivity contribution in [3.63, 3.8) is 0 Å². The zero-order valence-corrected chi connectivity index (χ0v) is 15.4. The van der Waals surface area contributed by atoms with E-state index in [1.807, 2.05) is 0 Å². The van der Waals surface area contributed by atoms with Gasteiger partial charge in [0.25, 0.3) is 5.91 Å². The standard InChI is InChI=1S/C18H16BrNO6/c1-24-16-7-6-11(8-13(16)19)14(21)9-26-18(23)12-4-2-3-5-15(12)25-10-17(20)22/h2-8H,9-10H2,1H3,(H2,20,22). The number of ketones is 1. The number of hydrogen-bond acceptors (Lipinski definition) is 6. The third kappa shape index (κ3) is 5.06. The summed E-state index contributed by atoms with van der Waals surface area (Å²) >= 11 is 3.29. The summed E-state index contributed by atoms with van der Waals surface area (Å²) in [5.74, 6) is -1.06. The van der Waals surface area contributed by atoms with Gasteiger partial charge in [0.2, 0.25) is 0 Å². The fourth-order valence-corrected chi connectivity index (χ4v) is 2.58. The molecule has 2 aromatic rings. The smallest absolute Gasteiger partial charge is 0.342 e. The number of ether oxygens (including phenoxy) is 3. The number of hydrogen-bond donors (Lipinski definition) is 1. The number of halogens is 1. The Kier molecular flexibility index (Phi) is 6.74. The number of carbonyl (C=O) groups excluding carboxylic acids is 3. The first-order valence-corrected chi connectivity index (χ1v) is 8.25. The van der Waals surface area contributed by atoms with Crippen LogP contribution in [0.3, 0.4) is 0 Å². The third-order valence-corrected chi connectivity index (χ3v) is 3.90. The molecule has 0 bridgehead atoms. The molecule has 0 aliphatic heterocycles. The van der Waals surface area contributed by atoms with Crippen LogP contribution in [0.4, 0.5) is 0 Å². The molecule has 2 N–H and O–H groups in total. The zero-order chi connectivity index (χ0) is 19.1. The van der Waals surface area contributed by atoms with Crippen molar-refractivity contribution in [1.82, 2.24) is 0 Å². The fourth-order valence-electron chi connectivity index (χ4n) is 2.04. The summed E-state index contributed by atoms with van der Waals surface area (Å²) in [7, 11) is 1.51. The number of para-hydroxylation sites is 1. The van der Waals surface area contributed by atoms with Crippen molar-refractivity contribution < 1.29 is 28.6 Å². The average Bonchev–Trinajstić information content (AvgIpc) is 2.64. The van der Waals surface area contributed by atoms with Gasteiger partial charge in [0, 0.05) is 5.56 Å². The summed E-state index contributed by atoms with van der Waals surface area (Å²) in [6.07, 6.45) is 0. The van der Waals surface area contributed by atoms with Gasteiger partial charge >= 0.3 is 5.97 Å². The zero-order valence-electron chi connectivity index (χ0n) is 13.9. The molecule has 0 fully saturated rings. The summed E-state index contributed by atoms with van der Waals surface area (Å²) in [4.78, 5) is 35.2. The van der Waals surface area contributed by atoms with Crippen LogP contribution in [0.5, 0.6) is 11.5 Å². The molecular weight excluding hydrogens is 406 g/mol. The number of rotatable bonds is 8. The Balaban J connectivity index is 2.03. The first-order valence-electron chi connectivity index (χ1n) is 7.46. The number of nitrogens with two attached hydrogens (primary N) is 1. The molecule has 2 rings (SSSR count). The van der Waals surface area contributed by atoms with Crippen molar-refractivity contribution in [3.8, 4) is 11.5 Å². The van der Waals surface area contributed by atoms with Gasteiger partial charge in [-0.05, 0) is 46.3 Å². The molecule has 0 atom stereocenters. The highest BCUT2D eigenvalue weighted by atomic mass is 79.9. The van der Waals surface area contributed by atoms with Crippen LogP contribution in [-0.2, 0) is 9.53 Å². The SMILES string of the molecule is COc1ccc(C(=O)COC(=O)c2ccccc2OCC(N)=O)cc1Br. The van der Waals surface area contributed by atoms with Crippen LogP contribution in [-0.4, -0.2) is 38.0 Å². The highest BCUT2D eigenvalue weighted by Crippen LogP contribution is 2.26. The van der Waals surface area contributed by atoms with E-state index in [1.165, 1.54) is 19.2 Å². The van der Waals surface area contributed by atoms with Gasteiger partial charge in [0.15, 0.2) is 19.0 Å². The lowest BCUT2D eigenvalue weighted by Gasteiger charge is -2.10. The number of primary amides is 1. The largest absolute Gasteiger partial charge is 0.496 e. The van der Waals surface area contributed by atoms with E-state index >= 15 is 0 Å². The van der Waals surface area contributed by atoms with Gasteiger partial charge in [0.05, 0.1) is 11.6 Å². The molecule has 2 aromatic carbocycles. The van der Waals surface area contributed by atoms with E-state index in [1.54, 1.807) is 30.3 Å². The van der Waals surface area contributed by atoms with Crippen LogP contribution in [0.25, 0.3) is 0 Å². The monoisotopic (exact) mass is 421 g/mol. The van der Waals surface area contributed by atoms with E-state index in [9.17, 15) is 14.4 Å². The number of methoxy groups -OCH3 is 1. The third-order valence-electron chi connectivity index (χ3n) is 3.29. The number of carbonyl (C=O) groups is 3. The highest BCUT2D eigenvalue weighted by molar-refractivity contribution is 9.10. The Bertz CT molecular complexity index is 836. The maximum atomic E-state index is 12.2. The predicted molar refractivity (Wildman–Crippen MR) is 96.4 cm³/mol. The Morgan fingerprint density at radius 1 is 1.04 bits per heavy atom. The van der Waals surface area contributed by atoms with E-state index in [-0.39, 0.29) is 23.7 Å². The van der Waals surface area contributed by atoms with Crippen LogP contribution in [0.15, 0.2) is 46.9 Å². The van der Waals surface area contributed by atoms with Gasteiger partial charge in [-0.2, -0.15) is 0 Å². The highest BCUT2D eigenvalue weighted by Gasteiger charge is 2.17. The van der Waals surface area contributed by atoms with Gasteiger partial charge in [0.1, 0.15) is 17.1 Å². The molecule has 0 aliphatic rings. The van der Waals surface area contributed by atoms with Crippen molar-refractivity contribution in [2.75, 3.05) is 20.3 Å². The average molecular weight is 422 g/mol. The maximum Gasteiger partial charge on any atom is 0.342 e. The Labute approximate surface area is 158 Å². The van der Waals surface area contributed by atoms with Gasteiger partial charge in [-0.1, -0.05) is 12.1 Å². The molecule has 7 nitrogen and oxygen atoms in total. The number of benzene rings is 2. The summed E-state index contributed by atoms with van der Waals surface area (Å²) in [5.41, 5.74) is 5.48. The van der Waals surface area contributed by atoms with Gasteiger partial charge in [-0.15, -0.1) is 0 Å². The van der Waals surface area contributed by atoms with Crippen LogP contribution >= 0.6 is 15.9 Å². The molecule has 26 heavy (non-hydrogen) atoms. The van der Waals surface area contributed by atoms with E-state index in [0.717, 1.165) is 0 Å². The van der Waals surface area contributed by atoms with E-state index in [2.05, 4.69) is 15.9 Å². The van der Waals surface area contributed by atoms with Crippen molar-refractivity contribution >= 4 is 33.6 Å². The molecule has 8 heteroatoms. The Morgan fingerprint density at radius 2 is 1.77 bits per heavy atom. The second-order valence-corrected chi connectivity index (χ2v) is 5.95. The number of amides is 1. The van der Waals surface area contributed by atoms with Gasteiger partial charge < -0.3 is 19.9 Å². The fraction of sp³-hybridized carbons (Fsp3) is 0.167. The minimum atomic E-state index is -0.744. The topological polar surface area (TPSA) is 105 Å². The van der Waals surface area contributed by atoms with Crippen LogP contribution in [0, 0.1) is 0 Å². The summed E-state index contributed by atoms with van der Waals surface area (Å²) < 4.78 is 15.9. The summed E-state index contributed by atoms with van der Waals surface area (Å²) in [6.45, 7) is -0.815. The van der Waals surface area contributed by atoms with E-state index in [4.69, 9.17) is 19.9 Å². The molecule has 0 saturated heterocycles. The van der Waals surface area contributed by atoms with Crippen molar-refractivity contribution in [2.24, 2.45) is 5.73 Å². The number of esters is 1. The number of Topliss-reactive ketones (excluding diaryl/α,β-unsaturated/α-hetero) is 1. The van der Waals surface area contributed by atoms with Crippen LogP contribution in [0.2, 0.25) is 0 Å². The first-order chi connectivity index (χ1) is 12.4. The summed E-state index contributed by atoms with van der Waals surface area (Å²) in [5, 5.41) is 0. The molecule has 1 amide bonds. The molecule has 0 aliphatic carbocycles. The van der Waals surface area contributed by atoms with Gasteiger partial charge in [-0.25, -0.2) is 4.79 Å². The van der Waals surface area contributed by atoms with Crippen LogP contribution in [0.1, 0.15) is 20.7 Å². The molecule has 0 saturated carbocycles. The molecule has 0 spiro atoms. The molecular formula is C18H16BrNO6. The second kappa shape index (κ2) is 9.00. The molecule has 0 unspecified atom stereocenters. The lowest BCUT2D eigenvalue weighted by Crippen LogP contribution is -2.21. The Hall–Kier alpha value is -2.87. The van der Waals surface area contributed by atoms with E-state index < -0.39 is 18.5 Å². The molecule has 136 valence electrons. The van der Waals surface area contributed by atoms with Crippen molar-refractivity contribution in [2.45, 2.75) is 0 Å². The van der Waals surface area contributed by atoms with Crippen molar-refractivity contribution in [1.29, 1.82) is 0 Å². The summed E-state index contributed by atoms with van der Waals surface area (Å²) in [6, 6.07) is 11.0. The molecule has 0 heterocycles. The van der Waals surface area contributed by atoms with Crippen molar-refractivity contribution in [3.05, 3.63) is 58.1 Å². The lowest BCUT2D eigenvalue weighted by molar-refractivity contribution is -0.119. The van der Waals surface area contributed by atoms with Gasteiger partial charge in [-0.3, -0.25) is 9.59 Å². The molecule has 0 radical (unpaired) electrons. The maximum absolute atomic E-state index is 12.2. The quantitative estimate of drug-likeness (QED) is 0.517. The minimum Gasteiger partial charge on any atom is -0.496 e. The Morgan fingerprint density at radius 3 is 2.42 bits per heavy atom. The second-order valence-electron chi connectivity index (χ2n) is 5.10. The lowest BCUT2D eigenvalue weighted by atomic mass is 10.1. The normalized spacial score (nSPS) is 10.1. The van der Waals surface area contributed by atoms with E-state index in [0.29, 0.717) is 15.8 Å². The van der Waals surface area contributed by atoms with Crippen LogP contribution < -0.4 is 15.2 Å². The first kappa shape index (κ1) is 19.5. The minimum absolute atomic E-state index is 0.0949.